The summed E-state index contributed by atoms with van der Waals surface area (Å²) < 4.78 is 0. The first-order valence-electron chi connectivity index (χ1n) is 5.15. The normalized spacial score (nSPS) is 16.5. The predicted molar refractivity (Wildman–Crippen MR) is 54.2 cm³/mol. The first-order valence-corrected chi connectivity index (χ1v) is 5.15. The van der Waals surface area contributed by atoms with Gasteiger partial charge in [0, 0.05) is 6.61 Å². The van der Waals surface area contributed by atoms with E-state index in [1.54, 1.807) is 0 Å². The highest BCUT2D eigenvalue weighted by molar-refractivity contribution is 4.74. The van der Waals surface area contributed by atoms with E-state index in [-0.39, 0.29) is 0 Å². The molecule has 0 saturated heterocycles. The SMILES string of the molecule is CCCC(C)(CCO)CC(C)C. The van der Waals surface area contributed by atoms with Crippen molar-refractivity contribution >= 4 is 0 Å². The summed E-state index contributed by atoms with van der Waals surface area (Å²) in [6.07, 6.45) is 4.66. The summed E-state index contributed by atoms with van der Waals surface area (Å²) in [5.74, 6) is 0.744. The molecule has 0 aliphatic heterocycles. The second kappa shape index (κ2) is 5.58. The van der Waals surface area contributed by atoms with E-state index < -0.39 is 0 Å². The van der Waals surface area contributed by atoms with Gasteiger partial charge in [-0.05, 0) is 30.6 Å². The van der Waals surface area contributed by atoms with E-state index in [2.05, 4.69) is 27.7 Å². The Labute approximate surface area is 77.2 Å². The van der Waals surface area contributed by atoms with Gasteiger partial charge in [0.25, 0.3) is 0 Å². The molecule has 0 fully saturated rings. The number of hydrogen-bond donors (Lipinski definition) is 1. The lowest BCUT2D eigenvalue weighted by molar-refractivity contribution is 0.157. The predicted octanol–water partition coefficient (Wildman–Crippen LogP) is 3.22. The summed E-state index contributed by atoms with van der Waals surface area (Å²) >= 11 is 0. The molecule has 0 aliphatic rings. The summed E-state index contributed by atoms with van der Waals surface area (Å²) in [7, 11) is 0. The van der Waals surface area contributed by atoms with Crippen LogP contribution in [0.15, 0.2) is 0 Å². The van der Waals surface area contributed by atoms with Gasteiger partial charge in [-0.1, -0.05) is 34.1 Å². The minimum absolute atomic E-state index is 0.337. The lowest BCUT2D eigenvalue weighted by Gasteiger charge is -2.30. The maximum absolute atomic E-state index is 8.94. The van der Waals surface area contributed by atoms with Crippen molar-refractivity contribution in [3.05, 3.63) is 0 Å². The molecule has 74 valence electrons. The van der Waals surface area contributed by atoms with Crippen molar-refractivity contribution in [1.29, 1.82) is 0 Å². The van der Waals surface area contributed by atoms with E-state index >= 15 is 0 Å². The third-order valence-electron chi connectivity index (χ3n) is 2.47. The van der Waals surface area contributed by atoms with Crippen LogP contribution in [0.2, 0.25) is 0 Å². The molecule has 1 nitrogen and oxygen atoms in total. The summed E-state index contributed by atoms with van der Waals surface area (Å²) in [6, 6.07) is 0. The quantitative estimate of drug-likeness (QED) is 0.652. The van der Waals surface area contributed by atoms with Crippen molar-refractivity contribution in [1.82, 2.24) is 0 Å². The highest BCUT2D eigenvalue weighted by Gasteiger charge is 2.23. The molecule has 0 aromatic carbocycles. The van der Waals surface area contributed by atoms with Crippen molar-refractivity contribution in [3.8, 4) is 0 Å². The molecule has 1 heteroatoms. The van der Waals surface area contributed by atoms with Crippen LogP contribution in [0.5, 0.6) is 0 Å². The van der Waals surface area contributed by atoms with Gasteiger partial charge in [-0.3, -0.25) is 0 Å². The molecule has 0 spiro atoms. The van der Waals surface area contributed by atoms with Gasteiger partial charge in [0.05, 0.1) is 0 Å². The maximum atomic E-state index is 8.94. The van der Waals surface area contributed by atoms with Crippen LogP contribution in [-0.2, 0) is 0 Å². The number of hydrogen-bond acceptors (Lipinski definition) is 1. The van der Waals surface area contributed by atoms with Gasteiger partial charge in [0.1, 0.15) is 0 Å². The molecule has 0 radical (unpaired) electrons. The number of rotatable bonds is 6. The fourth-order valence-corrected chi connectivity index (χ4v) is 2.19. The van der Waals surface area contributed by atoms with E-state index in [1.807, 2.05) is 0 Å². The highest BCUT2D eigenvalue weighted by atomic mass is 16.3. The van der Waals surface area contributed by atoms with Crippen molar-refractivity contribution < 1.29 is 5.11 Å². The minimum atomic E-state index is 0.337. The Morgan fingerprint density at radius 1 is 1.25 bits per heavy atom. The van der Waals surface area contributed by atoms with Crippen molar-refractivity contribution in [2.45, 2.75) is 53.4 Å². The molecule has 0 rings (SSSR count). The first kappa shape index (κ1) is 12.0. The molecule has 1 unspecified atom stereocenters. The molecule has 12 heavy (non-hydrogen) atoms. The molecule has 0 amide bonds. The van der Waals surface area contributed by atoms with Gasteiger partial charge in [-0.15, -0.1) is 0 Å². The average molecular weight is 172 g/mol. The van der Waals surface area contributed by atoms with Gasteiger partial charge in [-0.2, -0.15) is 0 Å². The molecule has 1 atom stereocenters. The molecular weight excluding hydrogens is 148 g/mol. The average Bonchev–Trinajstić information content (AvgIpc) is 1.85. The van der Waals surface area contributed by atoms with E-state index in [0.717, 1.165) is 12.3 Å². The Morgan fingerprint density at radius 2 is 1.83 bits per heavy atom. The van der Waals surface area contributed by atoms with E-state index in [1.165, 1.54) is 19.3 Å². The maximum Gasteiger partial charge on any atom is 0.0436 e. The molecule has 1 N–H and O–H groups in total. The highest BCUT2D eigenvalue weighted by Crippen LogP contribution is 2.34. The van der Waals surface area contributed by atoms with Crippen molar-refractivity contribution in [2.75, 3.05) is 6.61 Å². The van der Waals surface area contributed by atoms with Crippen molar-refractivity contribution in [3.63, 3.8) is 0 Å². The molecular formula is C11H24O. The van der Waals surface area contributed by atoms with Gasteiger partial charge in [0.15, 0.2) is 0 Å². The third kappa shape index (κ3) is 4.76. The largest absolute Gasteiger partial charge is 0.396 e. The van der Waals surface area contributed by atoms with Crippen molar-refractivity contribution in [2.24, 2.45) is 11.3 Å². The number of aliphatic hydroxyl groups excluding tert-OH is 1. The Hall–Kier alpha value is -0.0400. The van der Waals surface area contributed by atoms with Crippen LogP contribution in [0.25, 0.3) is 0 Å². The third-order valence-corrected chi connectivity index (χ3v) is 2.47. The van der Waals surface area contributed by atoms with Gasteiger partial charge < -0.3 is 5.11 Å². The summed E-state index contributed by atoms with van der Waals surface area (Å²) in [4.78, 5) is 0. The van der Waals surface area contributed by atoms with E-state index in [4.69, 9.17) is 5.11 Å². The molecule has 0 aromatic heterocycles. The molecule has 0 heterocycles. The smallest absolute Gasteiger partial charge is 0.0436 e. The van der Waals surface area contributed by atoms with Crippen LogP contribution in [0.1, 0.15) is 53.4 Å². The monoisotopic (exact) mass is 172 g/mol. The topological polar surface area (TPSA) is 20.2 Å². The van der Waals surface area contributed by atoms with E-state index in [0.29, 0.717) is 12.0 Å². The Balaban J connectivity index is 3.98. The van der Waals surface area contributed by atoms with Crippen LogP contribution in [0.4, 0.5) is 0 Å². The standard InChI is InChI=1S/C11H24O/c1-5-6-11(4,7-8-12)9-10(2)3/h10,12H,5-9H2,1-4H3. The van der Waals surface area contributed by atoms with Crippen LogP contribution in [0, 0.1) is 11.3 Å². The Morgan fingerprint density at radius 3 is 2.17 bits per heavy atom. The lowest BCUT2D eigenvalue weighted by atomic mass is 9.76. The van der Waals surface area contributed by atoms with Crippen LogP contribution < -0.4 is 0 Å². The zero-order chi connectivity index (χ0) is 9.61. The molecule has 0 aliphatic carbocycles. The van der Waals surface area contributed by atoms with Gasteiger partial charge in [0.2, 0.25) is 0 Å². The second-order valence-corrected chi connectivity index (χ2v) is 4.63. The zero-order valence-corrected chi connectivity index (χ0v) is 9.06. The summed E-state index contributed by atoms with van der Waals surface area (Å²) in [6.45, 7) is 9.36. The second-order valence-electron chi connectivity index (χ2n) is 4.63. The van der Waals surface area contributed by atoms with Crippen LogP contribution in [-0.4, -0.2) is 11.7 Å². The summed E-state index contributed by atoms with van der Waals surface area (Å²) in [5.41, 5.74) is 0.373. The Kier molecular flexibility index (Phi) is 5.56. The van der Waals surface area contributed by atoms with Gasteiger partial charge in [-0.25, -0.2) is 0 Å². The molecule has 0 aromatic rings. The first-order chi connectivity index (χ1) is 5.54. The lowest BCUT2D eigenvalue weighted by Crippen LogP contribution is -2.20. The van der Waals surface area contributed by atoms with E-state index in [9.17, 15) is 0 Å². The fraction of sp³-hybridized carbons (Fsp3) is 1.00. The Bertz CT molecular complexity index is 102. The number of aliphatic hydroxyl groups is 1. The van der Waals surface area contributed by atoms with Crippen LogP contribution in [0.3, 0.4) is 0 Å². The van der Waals surface area contributed by atoms with Gasteiger partial charge >= 0.3 is 0 Å². The van der Waals surface area contributed by atoms with Crippen LogP contribution >= 0.6 is 0 Å². The minimum Gasteiger partial charge on any atom is -0.396 e. The zero-order valence-electron chi connectivity index (χ0n) is 9.06. The molecule has 0 saturated carbocycles. The molecule has 0 bridgehead atoms. The fourth-order valence-electron chi connectivity index (χ4n) is 2.19. The summed E-state index contributed by atoms with van der Waals surface area (Å²) in [5, 5.41) is 8.94.